The van der Waals surface area contributed by atoms with Gasteiger partial charge in [-0.15, -0.1) is 11.3 Å². The zero-order valence-corrected chi connectivity index (χ0v) is 10.6. The third-order valence-electron chi connectivity index (χ3n) is 2.10. The van der Waals surface area contributed by atoms with Crippen LogP contribution in [-0.2, 0) is 0 Å². The largest absolute Gasteiger partial charge is 0.398 e. The highest BCUT2D eigenvalue weighted by Crippen LogP contribution is 2.21. The van der Waals surface area contributed by atoms with Crippen LogP contribution in [0.1, 0.15) is 15.2 Å². The number of rotatable bonds is 2. The van der Waals surface area contributed by atoms with Crippen LogP contribution in [0.3, 0.4) is 0 Å². The van der Waals surface area contributed by atoms with Crippen molar-refractivity contribution in [2.24, 2.45) is 0 Å². The second-order valence-corrected chi connectivity index (χ2v) is 5.11. The van der Waals surface area contributed by atoms with Gasteiger partial charge >= 0.3 is 0 Å². The van der Waals surface area contributed by atoms with Crippen LogP contribution in [0.25, 0.3) is 0 Å². The summed E-state index contributed by atoms with van der Waals surface area (Å²) in [5.41, 5.74) is 6.48. The maximum Gasteiger partial charge on any atom is 0.257 e. The van der Waals surface area contributed by atoms with Gasteiger partial charge < -0.3 is 5.73 Å². The lowest BCUT2D eigenvalue weighted by Gasteiger charge is -2.03. The quantitative estimate of drug-likeness (QED) is 0.822. The Morgan fingerprint density at radius 3 is 2.88 bits per heavy atom. The number of nitrogens with one attached hydrogen (secondary N) is 1. The lowest BCUT2D eigenvalue weighted by molar-refractivity contribution is 0.102. The molecular formula is C11H10ClN3OS. The van der Waals surface area contributed by atoms with Gasteiger partial charge in [-0.3, -0.25) is 10.1 Å². The molecule has 0 aliphatic carbocycles. The first-order valence-electron chi connectivity index (χ1n) is 4.85. The Bertz CT molecular complexity index is 568. The number of amides is 1. The summed E-state index contributed by atoms with van der Waals surface area (Å²) in [4.78, 5) is 16.9. The van der Waals surface area contributed by atoms with Crippen LogP contribution in [0.5, 0.6) is 0 Å². The zero-order valence-electron chi connectivity index (χ0n) is 9.03. The number of hydrogen-bond acceptors (Lipinski definition) is 4. The molecule has 2 rings (SSSR count). The molecule has 0 saturated carbocycles. The summed E-state index contributed by atoms with van der Waals surface area (Å²) in [6.45, 7) is 1.92. The van der Waals surface area contributed by atoms with Crippen molar-refractivity contribution in [3.8, 4) is 0 Å². The topological polar surface area (TPSA) is 68.0 Å². The predicted octanol–water partition coefficient (Wildman–Crippen LogP) is 2.94. The van der Waals surface area contributed by atoms with Crippen molar-refractivity contribution in [2.75, 3.05) is 11.1 Å². The van der Waals surface area contributed by atoms with Gasteiger partial charge in [0.2, 0.25) is 0 Å². The second kappa shape index (κ2) is 4.73. The highest BCUT2D eigenvalue weighted by Gasteiger charge is 2.09. The average molecular weight is 268 g/mol. The Morgan fingerprint density at radius 2 is 2.29 bits per heavy atom. The molecule has 0 unspecified atom stereocenters. The van der Waals surface area contributed by atoms with Crippen molar-refractivity contribution in [1.29, 1.82) is 0 Å². The summed E-state index contributed by atoms with van der Waals surface area (Å²) in [5, 5.41) is 3.63. The molecule has 0 fully saturated rings. The summed E-state index contributed by atoms with van der Waals surface area (Å²) < 4.78 is 0. The molecule has 3 N–H and O–H groups in total. The number of aromatic nitrogens is 1. The number of hydrogen-bond donors (Lipinski definition) is 2. The highest BCUT2D eigenvalue weighted by molar-refractivity contribution is 7.15. The lowest BCUT2D eigenvalue weighted by atomic mass is 10.2. The van der Waals surface area contributed by atoms with E-state index < -0.39 is 0 Å². The molecule has 1 aromatic heterocycles. The van der Waals surface area contributed by atoms with Crippen LogP contribution in [0.4, 0.5) is 10.8 Å². The normalized spacial score (nSPS) is 10.2. The molecule has 0 radical (unpaired) electrons. The fourth-order valence-corrected chi connectivity index (χ4v) is 2.09. The van der Waals surface area contributed by atoms with E-state index in [-0.39, 0.29) is 5.91 Å². The van der Waals surface area contributed by atoms with E-state index in [4.69, 9.17) is 17.3 Å². The molecule has 6 heteroatoms. The van der Waals surface area contributed by atoms with Crippen LogP contribution < -0.4 is 11.1 Å². The van der Waals surface area contributed by atoms with Crippen molar-refractivity contribution < 1.29 is 4.79 Å². The van der Waals surface area contributed by atoms with Gasteiger partial charge in [0, 0.05) is 16.6 Å². The number of thiazole rings is 1. The monoisotopic (exact) mass is 267 g/mol. The van der Waals surface area contributed by atoms with E-state index >= 15 is 0 Å². The Morgan fingerprint density at radius 1 is 1.53 bits per heavy atom. The minimum atomic E-state index is -0.249. The predicted molar refractivity (Wildman–Crippen MR) is 70.7 cm³/mol. The third kappa shape index (κ3) is 2.75. The summed E-state index contributed by atoms with van der Waals surface area (Å²) in [6.07, 6.45) is 1.70. The number of halogens is 1. The fraction of sp³-hybridized carbons (Fsp3) is 0.0909. The summed E-state index contributed by atoms with van der Waals surface area (Å²) in [7, 11) is 0. The van der Waals surface area contributed by atoms with Crippen molar-refractivity contribution in [2.45, 2.75) is 6.92 Å². The smallest absolute Gasteiger partial charge is 0.257 e. The SMILES string of the molecule is Cc1cnc(NC(=O)c2ccc(N)c(Cl)c2)s1. The van der Waals surface area contributed by atoms with E-state index in [0.717, 1.165) is 4.88 Å². The van der Waals surface area contributed by atoms with Gasteiger partial charge in [0.25, 0.3) is 5.91 Å². The molecule has 0 bridgehead atoms. The van der Waals surface area contributed by atoms with Crippen LogP contribution in [0.2, 0.25) is 5.02 Å². The Balaban J connectivity index is 2.17. The minimum absolute atomic E-state index is 0.249. The highest BCUT2D eigenvalue weighted by atomic mass is 35.5. The summed E-state index contributed by atoms with van der Waals surface area (Å²) in [6, 6.07) is 4.76. The molecule has 1 amide bonds. The van der Waals surface area contributed by atoms with Crippen molar-refractivity contribution >= 4 is 39.7 Å². The van der Waals surface area contributed by atoms with E-state index in [0.29, 0.717) is 21.4 Å². The van der Waals surface area contributed by atoms with Gasteiger partial charge in [-0.05, 0) is 25.1 Å². The molecular weight excluding hydrogens is 258 g/mol. The van der Waals surface area contributed by atoms with Crippen LogP contribution in [-0.4, -0.2) is 10.9 Å². The number of carbonyl (C=O) groups excluding carboxylic acids is 1. The first-order valence-corrected chi connectivity index (χ1v) is 6.04. The van der Waals surface area contributed by atoms with Crippen LogP contribution in [0, 0.1) is 6.92 Å². The molecule has 4 nitrogen and oxygen atoms in total. The van der Waals surface area contributed by atoms with Gasteiger partial charge in [0.15, 0.2) is 5.13 Å². The minimum Gasteiger partial charge on any atom is -0.398 e. The van der Waals surface area contributed by atoms with Gasteiger partial charge in [0.05, 0.1) is 10.7 Å². The first-order chi connectivity index (χ1) is 8.06. The first kappa shape index (κ1) is 11.9. The molecule has 0 saturated heterocycles. The van der Waals surface area contributed by atoms with Crippen LogP contribution >= 0.6 is 22.9 Å². The molecule has 1 heterocycles. The average Bonchev–Trinajstić information content (AvgIpc) is 2.68. The van der Waals surface area contributed by atoms with E-state index in [9.17, 15) is 4.79 Å². The summed E-state index contributed by atoms with van der Waals surface area (Å²) >= 11 is 7.26. The fourth-order valence-electron chi connectivity index (χ4n) is 1.25. The standard InChI is InChI=1S/C11H10ClN3OS/c1-6-5-14-11(17-6)15-10(16)7-2-3-9(13)8(12)4-7/h2-5H,13H2,1H3,(H,14,15,16). The maximum absolute atomic E-state index is 11.8. The number of nitrogen functional groups attached to an aromatic ring is 1. The Kier molecular flexibility index (Phi) is 3.31. The van der Waals surface area contributed by atoms with Crippen LogP contribution in [0.15, 0.2) is 24.4 Å². The maximum atomic E-state index is 11.8. The number of nitrogens with two attached hydrogens (primary N) is 1. The number of nitrogens with zero attached hydrogens (tertiary/aromatic N) is 1. The molecule has 2 aromatic rings. The van der Waals surface area contributed by atoms with E-state index in [1.807, 2.05) is 6.92 Å². The van der Waals surface area contributed by atoms with E-state index in [1.54, 1.807) is 18.3 Å². The molecule has 0 aliphatic heterocycles. The molecule has 17 heavy (non-hydrogen) atoms. The Labute approximate surface area is 107 Å². The number of benzene rings is 1. The van der Waals surface area contributed by atoms with Gasteiger partial charge in [-0.1, -0.05) is 11.6 Å². The van der Waals surface area contributed by atoms with Gasteiger partial charge in [-0.2, -0.15) is 0 Å². The second-order valence-electron chi connectivity index (χ2n) is 3.47. The van der Waals surface area contributed by atoms with Crippen molar-refractivity contribution in [1.82, 2.24) is 4.98 Å². The van der Waals surface area contributed by atoms with Crippen molar-refractivity contribution in [3.05, 3.63) is 39.9 Å². The molecule has 0 aliphatic rings. The van der Waals surface area contributed by atoms with E-state index in [2.05, 4.69) is 10.3 Å². The number of carbonyl (C=O) groups is 1. The molecule has 0 atom stereocenters. The molecule has 0 spiro atoms. The molecule has 88 valence electrons. The lowest BCUT2D eigenvalue weighted by Crippen LogP contribution is -2.11. The molecule has 1 aromatic carbocycles. The third-order valence-corrected chi connectivity index (χ3v) is 3.26. The Hall–Kier alpha value is -1.59. The van der Waals surface area contributed by atoms with Crippen molar-refractivity contribution in [3.63, 3.8) is 0 Å². The van der Waals surface area contributed by atoms with Gasteiger partial charge in [-0.25, -0.2) is 4.98 Å². The number of aryl methyl sites for hydroxylation is 1. The zero-order chi connectivity index (χ0) is 12.4. The number of anilines is 2. The summed E-state index contributed by atoms with van der Waals surface area (Å²) in [5.74, 6) is -0.249. The van der Waals surface area contributed by atoms with E-state index in [1.165, 1.54) is 17.4 Å². The van der Waals surface area contributed by atoms with Gasteiger partial charge in [0.1, 0.15) is 0 Å².